The highest BCUT2D eigenvalue weighted by atomic mass is 16.5. The van der Waals surface area contributed by atoms with Crippen LogP contribution in [-0.4, -0.2) is 0 Å². The minimum absolute atomic E-state index is 0.205. The zero-order chi connectivity index (χ0) is 13.3. The van der Waals surface area contributed by atoms with E-state index in [0.29, 0.717) is 5.69 Å². The van der Waals surface area contributed by atoms with Gasteiger partial charge in [-0.3, -0.25) is 0 Å². The molecule has 0 aliphatic rings. The summed E-state index contributed by atoms with van der Waals surface area (Å²) in [6, 6.07) is 7.96. The largest absolute Gasteiger partial charge is 0.540 e. The normalized spacial score (nSPS) is 11.2. The van der Waals surface area contributed by atoms with Crippen molar-refractivity contribution in [2.45, 2.75) is 40.2 Å². The van der Waals surface area contributed by atoms with Crippen LogP contribution in [0.3, 0.4) is 0 Å². The number of oxazole rings is 1. The summed E-state index contributed by atoms with van der Waals surface area (Å²) in [4.78, 5) is 0. The van der Waals surface area contributed by atoms with Crippen LogP contribution >= 0.6 is 0 Å². The van der Waals surface area contributed by atoms with Crippen molar-refractivity contribution >= 4 is 0 Å². The SMILES string of the molecule is CC[n+]1c(C(C)C)oc([O-])c1-c1ccc(C)cc1. The lowest BCUT2D eigenvalue weighted by Gasteiger charge is -2.03. The van der Waals surface area contributed by atoms with E-state index in [2.05, 4.69) is 0 Å². The van der Waals surface area contributed by atoms with E-state index in [9.17, 15) is 5.11 Å². The van der Waals surface area contributed by atoms with Crippen LogP contribution in [-0.2, 0) is 6.54 Å². The Morgan fingerprint density at radius 2 is 1.83 bits per heavy atom. The predicted octanol–water partition coefficient (Wildman–Crippen LogP) is 2.76. The van der Waals surface area contributed by atoms with Gasteiger partial charge >= 0.3 is 0 Å². The molecule has 1 aromatic heterocycles. The number of aromatic nitrogens is 1. The topological polar surface area (TPSA) is 40.1 Å². The van der Waals surface area contributed by atoms with Crippen molar-refractivity contribution < 1.29 is 14.1 Å². The molecule has 2 aromatic rings. The van der Waals surface area contributed by atoms with Crippen LogP contribution in [0.1, 0.15) is 38.1 Å². The third-order valence-corrected chi connectivity index (χ3v) is 3.06. The average Bonchev–Trinajstić information content (AvgIpc) is 2.67. The summed E-state index contributed by atoms with van der Waals surface area (Å²) < 4.78 is 7.36. The van der Waals surface area contributed by atoms with Gasteiger partial charge in [0.15, 0.2) is 0 Å². The number of rotatable bonds is 3. The van der Waals surface area contributed by atoms with Crippen molar-refractivity contribution in [1.82, 2.24) is 0 Å². The summed E-state index contributed by atoms with van der Waals surface area (Å²) in [5.74, 6) is 0.708. The van der Waals surface area contributed by atoms with Crippen molar-refractivity contribution in [3.8, 4) is 17.2 Å². The molecule has 1 heterocycles. The third kappa shape index (κ3) is 2.13. The predicted molar refractivity (Wildman–Crippen MR) is 68.3 cm³/mol. The van der Waals surface area contributed by atoms with Crippen molar-refractivity contribution in [1.29, 1.82) is 0 Å². The Hall–Kier alpha value is -1.77. The molecule has 0 spiro atoms. The lowest BCUT2D eigenvalue weighted by Crippen LogP contribution is -2.37. The fraction of sp³-hybridized carbons (Fsp3) is 0.400. The van der Waals surface area contributed by atoms with Crippen molar-refractivity contribution in [2.75, 3.05) is 0 Å². The standard InChI is InChI=1S/C15H19NO2/c1-5-16-13(12-8-6-11(4)7-9-12)15(17)18-14(16)10(2)3/h6-10H,5H2,1-4H3. The van der Waals surface area contributed by atoms with Gasteiger partial charge < -0.3 is 9.52 Å². The van der Waals surface area contributed by atoms with Crippen LogP contribution in [0.2, 0.25) is 0 Å². The van der Waals surface area contributed by atoms with Crippen LogP contribution in [0.5, 0.6) is 5.95 Å². The quantitative estimate of drug-likeness (QED) is 0.780. The molecule has 1 aromatic carbocycles. The average molecular weight is 245 g/mol. The summed E-state index contributed by atoms with van der Waals surface area (Å²) in [7, 11) is 0. The summed E-state index contributed by atoms with van der Waals surface area (Å²) in [5, 5.41) is 12.0. The molecule has 0 saturated carbocycles. The van der Waals surface area contributed by atoms with Crippen LogP contribution < -0.4 is 9.67 Å². The fourth-order valence-corrected chi connectivity index (χ4v) is 2.15. The zero-order valence-electron chi connectivity index (χ0n) is 11.4. The lowest BCUT2D eigenvalue weighted by atomic mass is 10.1. The Balaban J connectivity index is 2.59. The minimum atomic E-state index is -0.246. The van der Waals surface area contributed by atoms with Crippen molar-refractivity contribution in [2.24, 2.45) is 0 Å². The second kappa shape index (κ2) is 4.84. The molecule has 2 rings (SSSR count). The summed E-state index contributed by atoms with van der Waals surface area (Å²) in [6.07, 6.45) is 0. The molecular weight excluding hydrogens is 226 g/mol. The van der Waals surface area contributed by atoms with Gasteiger partial charge in [-0.1, -0.05) is 31.5 Å². The Kier molecular flexibility index (Phi) is 3.41. The number of hydrogen-bond acceptors (Lipinski definition) is 2. The maximum Gasteiger partial charge on any atom is 0.239 e. The maximum absolute atomic E-state index is 12.0. The first-order valence-corrected chi connectivity index (χ1v) is 6.35. The first-order valence-electron chi connectivity index (χ1n) is 6.35. The van der Waals surface area contributed by atoms with E-state index >= 15 is 0 Å². The summed E-state index contributed by atoms with van der Waals surface area (Å²) >= 11 is 0. The van der Waals surface area contributed by atoms with Crippen LogP contribution in [0.15, 0.2) is 28.7 Å². The van der Waals surface area contributed by atoms with Gasteiger partial charge in [0.05, 0.1) is 0 Å². The fourth-order valence-electron chi connectivity index (χ4n) is 2.15. The number of benzene rings is 1. The molecule has 0 N–H and O–H groups in total. The van der Waals surface area contributed by atoms with Crippen LogP contribution in [0.25, 0.3) is 11.3 Å². The smallest absolute Gasteiger partial charge is 0.239 e. The van der Waals surface area contributed by atoms with Gasteiger partial charge in [0, 0.05) is 11.5 Å². The first-order chi connectivity index (χ1) is 8.54. The molecule has 0 unspecified atom stereocenters. The highest BCUT2D eigenvalue weighted by Crippen LogP contribution is 2.28. The highest BCUT2D eigenvalue weighted by Gasteiger charge is 2.23. The third-order valence-electron chi connectivity index (χ3n) is 3.06. The molecule has 3 heteroatoms. The number of nitrogens with zero attached hydrogens (tertiary/aromatic N) is 1. The maximum atomic E-state index is 12.0. The van der Waals surface area contributed by atoms with E-state index in [1.54, 1.807) is 0 Å². The van der Waals surface area contributed by atoms with Crippen LogP contribution in [0.4, 0.5) is 0 Å². The molecule has 0 aliphatic carbocycles. The van der Waals surface area contributed by atoms with Crippen LogP contribution in [0, 0.1) is 6.92 Å². The molecule has 0 bridgehead atoms. The van der Waals surface area contributed by atoms with Gasteiger partial charge in [0.2, 0.25) is 11.6 Å². The summed E-state index contributed by atoms with van der Waals surface area (Å²) in [6.45, 7) is 8.86. The monoisotopic (exact) mass is 245 g/mol. The molecule has 3 nitrogen and oxygen atoms in total. The molecule has 0 fully saturated rings. The van der Waals surface area contributed by atoms with Gasteiger partial charge in [0.25, 0.3) is 0 Å². The molecular formula is C15H19NO2. The van der Waals surface area contributed by atoms with Gasteiger partial charge in [0.1, 0.15) is 12.5 Å². The van der Waals surface area contributed by atoms with Crippen molar-refractivity contribution in [3.63, 3.8) is 0 Å². The van der Waals surface area contributed by atoms with Gasteiger partial charge in [-0.05, 0) is 26.0 Å². The van der Waals surface area contributed by atoms with E-state index in [1.807, 2.05) is 56.5 Å². The minimum Gasteiger partial charge on any atom is -0.540 e. The molecule has 96 valence electrons. The second-order valence-corrected chi connectivity index (χ2v) is 4.84. The van der Waals surface area contributed by atoms with E-state index < -0.39 is 0 Å². The first kappa shape index (κ1) is 12.7. The van der Waals surface area contributed by atoms with E-state index in [1.165, 1.54) is 5.56 Å². The van der Waals surface area contributed by atoms with E-state index in [4.69, 9.17) is 4.42 Å². The summed E-state index contributed by atoms with van der Waals surface area (Å²) in [5.41, 5.74) is 2.76. The second-order valence-electron chi connectivity index (χ2n) is 4.84. The molecule has 18 heavy (non-hydrogen) atoms. The molecule has 0 radical (unpaired) electrons. The zero-order valence-corrected chi connectivity index (χ0v) is 11.4. The van der Waals surface area contributed by atoms with Gasteiger partial charge in [-0.2, -0.15) is 4.57 Å². The van der Waals surface area contributed by atoms with E-state index in [-0.39, 0.29) is 11.9 Å². The van der Waals surface area contributed by atoms with Gasteiger partial charge in [-0.15, -0.1) is 0 Å². The van der Waals surface area contributed by atoms with Crippen molar-refractivity contribution in [3.05, 3.63) is 35.7 Å². The Labute approximate surface area is 108 Å². The van der Waals surface area contributed by atoms with E-state index in [0.717, 1.165) is 18.0 Å². The Morgan fingerprint density at radius 3 is 2.33 bits per heavy atom. The lowest BCUT2D eigenvalue weighted by molar-refractivity contribution is -0.695. The Bertz CT molecular complexity index is 538. The Morgan fingerprint density at radius 1 is 1.22 bits per heavy atom. The molecule has 0 amide bonds. The highest BCUT2D eigenvalue weighted by molar-refractivity contribution is 5.60. The molecule has 0 atom stereocenters. The molecule has 0 aliphatic heterocycles. The number of aryl methyl sites for hydroxylation is 1. The van der Waals surface area contributed by atoms with Gasteiger partial charge in [-0.25, -0.2) is 0 Å². The number of hydrogen-bond donors (Lipinski definition) is 0. The molecule has 0 saturated heterocycles.